The van der Waals surface area contributed by atoms with E-state index < -0.39 is 12.3 Å². The van der Waals surface area contributed by atoms with Gasteiger partial charge in [0.2, 0.25) is 5.95 Å². The van der Waals surface area contributed by atoms with Crippen LogP contribution in [-0.4, -0.2) is 53.5 Å². The number of hydrogen-bond donors (Lipinski definition) is 2. The molecule has 2 atom stereocenters. The Hall–Kier alpha value is -3.61. The van der Waals surface area contributed by atoms with E-state index in [1.54, 1.807) is 18.2 Å². The van der Waals surface area contributed by atoms with Crippen molar-refractivity contribution in [3.63, 3.8) is 0 Å². The van der Waals surface area contributed by atoms with Crippen LogP contribution in [0.3, 0.4) is 0 Å². The maximum atomic E-state index is 14.1. The highest BCUT2D eigenvalue weighted by molar-refractivity contribution is 5.63. The van der Waals surface area contributed by atoms with Crippen LogP contribution in [0.25, 0.3) is 11.4 Å². The van der Waals surface area contributed by atoms with Crippen molar-refractivity contribution in [2.45, 2.75) is 37.5 Å². The summed E-state index contributed by atoms with van der Waals surface area (Å²) in [6.45, 7) is 2.56. The summed E-state index contributed by atoms with van der Waals surface area (Å²) >= 11 is 0. The molecule has 0 bridgehead atoms. The third-order valence-corrected chi connectivity index (χ3v) is 6.41. The lowest BCUT2D eigenvalue weighted by Gasteiger charge is -2.27. The fourth-order valence-corrected chi connectivity index (χ4v) is 4.46. The van der Waals surface area contributed by atoms with Gasteiger partial charge < -0.3 is 20.1 Å². The number of benzene rings is 2. The molecule has 9 heteroatoms. The molecule has 0 radical (unpaired) electrons. The number of nitrogens with one attached hydrogen (secondary N) is 2. The minimum Gasteiger partial charge on any atom is -0.486 e. The van der Waals surface area contributed by atoms with Gasteiger partial charge >= 0.3 is 0 Å². The first-order chi connectivity index (χ1) is 17.2. The van der Waals surface area contributed by atoms with E-state index in [1.807, 2.05) is 12.1 Å². The molecule has 2 fully saturated rings. The van der Waals surface area contributed by atoms with Crippen LogP contribution < -0.4 is 15.4 Å². The van der Waals surface area contributed by atoms with Gasteiger partial charge in [-0.05, 0) is 67.7 Å². The third kappa shape index (κ3) is 5.56. The number of nitrogens with zero attached hydrogens (tertiary/aromatic N) is 4. The second-order valence-electron chi connectivity index (χ2n) is 8.76. The van der Waals surface area contributed by atoms with Gasteiger partial charge in [-0.25, -0.2) is 14.4 Å². The minimum absolute atomic E-state index is 0.00601. The zero-order chi connectivity index (χ0) is 24.0. The van der Waals surface area contributed by atoms with E-state index in [4.69, 9.17) is 9.47 Å². The zero-order valence-corrected chi connectivity index (χ0v) is 19.3. The summed E-state index contributed by atoms with van der Waals surface area (Å²) in [5, 5.41) is 16.3. The fourth-order valence-electron chi connectivity index (χ4n) is 4.46. The number of ether oxygens (including phenoxy) is 2. The molecule has 2 aliphatic heterocycles. The van der Waals surface area contributed by atoms with Crippen LogP contribution in [0.2, 0.25) is 0 Å². The van der Waals surface area contributed by atoms with E-state index in [0.29, 0.717) is 47.6 Å². The summed E-state index contributed by atoms with van der Waals surface area (Å²) < 4.78 is 25.0. The second-order valence-corrected chi connectivity index (χ2v) is 8.76. The van der Waals surface area contributed by atoms with E-state index in [9.17, 15) is 9.65 Å². The molecule has 2 saturated heterocycles. The molecule has 5 rings (SSSR count). The van der Waals surface area contributed by atoms with Crippen molar-refractivity contribution < 1.29 is 13.9 Å². The van der Waals surface area contributed by atoms with Crippen LogP contribution in [0, 0.1) is 11.3 Å². The monoisotopic (exact) mass is 474 g/mol. The largest absolute Gasteiger partial charge is 0.486 e. The first-order valence-electron chi connectivity index (χ1n) is 11.9. The number of aromatic nitrogens is 3. The Labute approximate surface area is 203 Å². The predicted octanol–water partition coefficient (Wildman–Crippen LogP) is 4.13. The van der Waals surface area contributed by atoms with Crippen molar-refractivity contribution in [1.29, 1.82) is 5.26 Å². The zero-order valence-electron chi connectivity index (χ0n) is 19.3. The number of anilines is 2. The normalized spacial score (nSPS) is 20.7. The summed E-state index contributed by atoms with van der Waals surface area (Å²) in [6.07, 6.45) is 2.33. The van der Waals surface area contributed by atoms with Crippen molar-refractivity contribution in [2.24, 2.45) is 0 Å². The molecule has 0 aliphatic carbocycles. The molecular formula is C26H27FN6O2. The molecule has 2 N–H and O–H groups in total. The number of hydrogen-bond acceptors (Lipinski definition) is 8. The van der Waals surface area contributed by atoms with Gasteiger partial charge in [-0.1, -0.05) is 12.1 Å². The number of piperidine rings is 1. The van der Waals surface area contributed by atoms with Crippen LogP contribution >= 0.6 is 0 Å². The number of halogens is 1. The average molecular weight is 475 g/mol. The van der Waals surface area contributed by atoms with Gasteiger partial charge in [0.25, 0.3) is 0 Å². The Morgan fingerprint density at radius 2 is 1.91 bits per heavy atom. The highest BCUT2D eigenvalue weighted by Crippen LogP contribution is 2.29. The van der Waals surface area contributed by atoms with Crippen LogP contribution in [0.5, 0.6) is 5.75 Å². The molecule has 0 unspecified atom stereocenters. The lowest BCUT2D eigenvalue weighted by molar-refractivity contribution is -0.0383. The second kappa shape index (κ2) is 10.8. The molecule has 0 spiro atoms. The van der Waals surface area contributed by atoms with Crippen molar-refractivity contribution >= 4 is 11.6 Å². The van der Waals surface area contributed by atoms with Gasteiger partial charge in [0, 0.05) is 17.7 Å². The van der Waals surface area contributed by atoms with E-state index in [2.05, 4.69) is 43.8 Å². The summed E-state index contributed by atoms with van der Waals surface area (Å²) in [5.41, 5.74) is 3.17. The molecule has 3 aromatic rings. The molecule has 0 saturated carbocycles. The maximum Gasteiger partial charge on any atom is 0.230 e. The Morgan fingerprint density at radius 1 is 1.09 bits per heavy atom. The number of nitriles is 1. The summed E-state index contributed by atoms with van der Waals surface area (Å²) in [5.74, 6) is 1.77. The van der Waals surface area contributed by atoms with Crippen molar-refractivity contribution in [3.05, 3.63) is 59.9 Å². The van der Waals surface area contributed by atoms with E-state index in [1.165, 1.54) is 11.9 Å². The molecule has 2 aromatic carbocycles. The standard InChI is InChI=1S/C26H27FN6O2/c27-22-15-34-12-9-24(22)35-23-6-3-19(13-20(23)14-28)25-30-16-31-26(33-25)32-21-4-1-17(2-5-21)18-7-10-29-11-8-18/h1-6,13,16,18,22,24,29H,7-12,15H2,(H,30,31,32,33)/t22-,24+/m1/s1. The number of alkyl halides is 1. The molecule has 0 amide bonds. The quantitative estimate of drug-likeness (QED) is 0.550. The van der Waals surface area contributed by atoms with Gasteiger partial charge in [0.1, 0.15) is 24.3 Å². The average Bonchev–Trinajstić information content (AvgIpc) is 2.91. The third-order valence-electron chi connectivity index (χ3n) is 6.41. The van der Waals surface area contributed by atoms with Crippen LogP contribution in [0.1, 0.15) is 36.3 Å². The molecule has 8 nitrogen and oxygen atoms in total. The Balaban J connectivity index is 1.29. The van der Waals surface area contributed by atoms with Crippen molar-refractivity contribution in [1.82, 2.24) is 20.3 Å². The first-order valence-corrected chi connectivity index (χ1v) is 11.9. The lowest BCUT2D eigenvalue weighted by Crippen LogP contribution is -2.37. The summed E-state index contributed by atoms with van der Waals surface area (Å²) in [4.78, 5) is 13.0. The van der Waals surface area contributed by atoms with Gasteiger partial charge in [0.15, 0.2) is 12.0 Å². The SMILES string of the molecule is N#Cc1cc(-c2ncnc(Nc3ccc(C4CCNCC4)cc3)n2)ccc1O[C@H]1CCOC[C@H]1F. The Morgan fingerprint density at radius 3 is 2.69 bits per heavy atom. The Bertz CT molecular complexity index is 1190. The molecule has 1 aromatic heterocycles. The first kappa shape index (κ1) is 23.1. The van der Waals surface area contributed by atoms with Crippen molar-refractivity contribution in [2.75, 3.05) is 31.6 Å². The van der Waals surface area contributed by atoms with Gasteiger partial charge in [-0.15, -0.1) is 0 Å². The van der Waals surface area contributed by atoms with Gasteiger partial charge in [-0.3, -0.25) is 0 Å². The van der Waals surface area contributed by atoms with Crippen LogP contribution in [0.15, 0.2) is 48.8 Å². The van der Waals surface area contributed by atoms with E-state index >= 15 is 0 Å². The minimum atomic E-state index is -1.22. The van der Waals surface area contributed by atoms with Gasteiger partial charge in [-0.2, -0.15) is 10.2 Å². The van der Waals surface area contributed by atoms with Crippen LogP contribution in [-0.2, 0) is 4.74 Å². The van der Waals surface area contributed by atoms with Gasteiger partial charge in [0.05, 0.1) is 18.8 Å². The molecule has 3 heterocycles. The molecule has 180 valence electrons. The maximum absolute atomic E-state index is 14.1. The van der Waals surface area contributed by atoms with E-state index in [0.717, 1.165) is 31.6 Å². The molecule has 35 heavy (non-hydrogen) atoms. The lowest BCUT2D eigenvalue weighted by atomic mass is 9.90. The summed E-state index contributed by atoms with van der Waals surface area (Å²) in [7, 11) is 0. The molecule has 2 aliphatic rings. The fraction of sp³-hybridized carbons (Fsp3) is 0.385. The summed E-state index contributed by atoms with van der Waals surface area (Å²) in [6, 6.07) is 15.6. The molecular weight excluding hydrogens is 447 g/mol. The highest BCUT2D eigenvalue weighted by Gasteiger charge is 2.28. The predicted molar refractivity (Wildman–Crippen MR) is 129 cm³/mol. The smallest absolute Gasteiger partial charge is 0.230 e. The topological polar surface area (TPSA) is 105 Å². The van der Waals surface area contributed by atoms with Crippen LogP contribution in [0.4, 0.5) is 16.0 Å². The number of rotatable bonds is 6. The Kier molecular flexibility index (Phi) is 7.12. The highest BCUT2D eigenvalue weighted by atomic mass is 19.1. The van der Waals surface area contributed by atoms with E-state index in [-0.39, 0.29) is 6.61 Å². The van der Waals surface area contributed by atoms with Crippen molar-refractivity contribution in [3.8, 4) is 23.2 Å².